The second-order valence-electron chi connectivity index (χ2n) is 6.35. The van der Waals surface area contributed by atoms with Crippen molar-refractivity contribution in [3.8, 4) is 5.75 Å². The Morgan fingerprint density at radius 3 is 2.52 bits per heavy atom. The summed E-state index contributed by atoms with van der Waals surface area (Å²) in [6.07, 6.45) is 0. The summed E-state index contributed by atoms with van der Waals surface area (Å²) in [5.74, 6) is 1.82. The number of thiophene rings is 1. The van der Waals surface area contributed by atoms with Gasteiger partial charge in [-0.25, -0.2) is 4.79 Å². The molecule has 8 heteroatoms. The number of hydrogen-bond acceptors (Lipinski definition) is 6. The molecule has 0 fully saturated rings. The number of rotatable bonds is 7. The lowest BCUT2D eigenvalue weighted by Crippen LogP contribution is -2.31. The first-order valence-electron chi connectivity index (χ1n) is 8.67. The van der Waals surface area contributed by atoms with Crippen LogP contribution in [0.3, 0.4) is 0 Å². The third kappa shape index (κ3) is 5.30. The fraction of sp³-hybridized carbons (Fsp3) is 0.316. The summed E-state index contributed by atoms with van der Waals surface area (Å²) >= 11 is 1.65. The Morgan fingerprint density at radius 1 is 1.15 bits per heavy atom. The van der Waals surface area contributed by atoms with Crippen LogP contribution in [0.15, 0.2) is 46.2 Å². The van der Waals surface area contributed by atoms with Crippen LogP contribution < -0.4 is 15.4 Å². The molecule has 2 heterocycles. The van der Waals surface area contributed by atoms with E-state index < -0.39 is 6.04 Å². The summed E-state index contributed by atoms with van der Waals surface area (Å²) in [6.45, 7) is 6.26. The van der Waals surface area contributed by atoms with Crippen LogP contribution in [0.5, 0.6) is 5.75 Å². The van der Waals surface area contributed by atoms with E-state index in [9.17, 15) is 4.79 Å². The summed E-state index contributed by atoms with van der Waals surface area (Å²) in [4.78, 5) is 13.3. The summed E-state index contributed by atoms with van der Waals surface area (Å²) in [6, 6.07) is 10.5. The summed E-state index contributed by atoms with van der Waals surface area (Å²) in [7, 11) is 0. The van der Waals surface area contributed by atoms with Crippen molar-refractivity contribution in [1.29, 1.82) is 0 Å². The molecule has 0 unspecified atom stereocenters. The van der Waals surface area contributed by atoms with Gasteiger partial charge in [0.2, 0.25) is 11.8 Å². The number of carbonyl (C=O) groups excluding carboxylic acids is 1. The first-order valence-corrected chi connectivity index (χ1v) is 9.55. The first-order chi connectivity index (χ1) is 13.0. The maximum Gasteiger partial charge on any atom is 0.319 e. The highest BCUT2D eigenvalue weighted by Crippen LogP contribution is 2.19. The lowest BCUT2D eigenvalue weighted by Gasteiger charge is -2.12. The second-order valence-corrected chi connectivity index (χ2v) is 7.38. The van der Waals surface area contributed by atoms with E-state index in [-0.39, 0.29) is 11.9 Å². The molecule has 0 spiro atoms. The Morgan fingerprint density at radius 2 is 1.89 bits per heavy atom. The van der Waals surface area contributed by atoms with Gasteiger partial charge < -0.3 is 19.8 Å². The molecule has 0 aliphatic heterocycles. The number of amides is 2. The Hall–Kier alpha value is -2.87. The molecule has 1 atom stereocenters. The number of anilines is 1. The van der Waals surface area contributed by atoms with Gasteiger partial charge in [0.05, 0.1) is 0 Å². The fourth-order valence-corrected chi connectivity index (χ4v) is 2.88. The monoisotopic (exact) mass is 386 g/mol. The minimum atomic E-state index is -0.390. The van der Waals surface area contributed by atoms with E-state index in [1.54, 1.807) is 30.4 Å². The molecule has 2 N–H and O–H groups in total. The zero-order valence-corrected chi connectivity index (χ0v) is 16.2. The molecule has 3 rings (SSSR count). The largest absolute Gasteiger partial charge is 0.488 e. The SMILES string of the molecule is CC(C)c1nnc([C@@H](C)NC(=O)Nc2ccc(OCc3cccs3)cc2)o1. The van der Waals surface area contributed by atoms with Gasteiger partial charge in [-0.05, 0) is 42.6 Å². The van der Waals surface area contributed by atoms with Crippen molar-refractivity contribution in [2.45, 2.75) is 39.3 Å². The number of benzene rings is 1. The smallest absolute Gasteiger partial charge is 0.319 e. The third-order valence-corrected chi connectivity index (χ3v) is 4.59. The lowest BCUT2D eigenvalue weighted by molar-refractivity contribution is 0.246. The zero-order chi connectivity index (χ0) is 19.2. The molecule has 142 valence electrons. The minimum Gasteiger partial charge on any atom is -0.488 e. The lowest BCUT2D eigenvalue weighted by atomic mass is 10.2. The van der Waals surface area contributed by atoms with Gasteiger partial charge in [0, 0.05) is 16.5 Å². The number of carbonyl (C=O) groups is 1. The standard InChI is InChI=1S/C19H22N4O3S/c1-12(2)17-22-23-18(26-17)13(3)20-19(24)21-14-6-8-15(9-7-14)25-11-16-5-4-10-27-16/h4-10,12-13H,11H2,1-3H3,(H2,20,21,24)/t13-/m1/s1. The molecular formula is C19H22N4O3S. The summed E-state index contributed by atoms with van der Waals surface area (Å²) < 4.78 is 11.3. The van der Waals surface area contributed by atoms with E-state index in [0.717, 1.165) is 10.6 Å². The van der Waals surface area contributed by atoms with Crippen LogP contribution >= 0.6 is 11.3 Å². The highest BCUT2D eigenvalue weighted by Gasteiger charge is 2.17. The van der Waals surface area contributed by atoms with E-state index in [1.807, 2.05) is 43.5 Å². The van der Waals surface area contributed by atoms with E-state index in [4.69, 9.17) is 9.15 Å². The Balaban J connectivity index is 1.49. The average molecular weight is 386 g/mol. The second kappa shape index (κ2) is 8.68. The number of nitrogens with zero attached hydrogens (tertiary/aromatic N) is 2. The van der Waals surface area contributed by atoms with Crippen LogP contribution in [-0.4, -0.2) is 16.2 Å². The number of aromatic nitrogens is 2. The van der Waals surface area contributed by atoms with Crippen molar-refractivity contribution in [3.63, 3.8) is 0 Å². The normalized spacial score (nSPS) is 12.0. The molecule has 7 nitrogen and oxygen atoms in total. The average Bonchev–Trinajstić information content (AvgIpc) is 3.33. The minimum absolute atomic E-state index is 0.146. The van der Waals surface area contributed by atoms with Crippen molar-refractivity contribution in [2.75, 3.05) is 5.32 Å². The summed E-state index contributed by atoms with van der Waals surface area (Å²) in [5.41, 5.74) is 0.663. The predicted molar refractivity (Wildman–Crippen MR) is 104 cm³/mol. The molecule has 0 aliphatic rings. The van der Waals surface area contributed by atoms with Gasteiger partial charge in [0.1, 0.15) is 18.4 Å². The van der Waals surface area contributed by atoms with Crippen LogP contribution in [0.2, 0.25) is 0 Å². The number of ether oxygens (including phenoxy) is 1. The van der Waals surface area contributed by atoms with E-state index in [2.05, 4.69) is 20.8 Å². The van der Waals surface area contributed by atoms with Crippen LogP contribution in [0.4, 0.5) is 10.5 Å². The molecule has 0 saturated carbocycles. The molecule has 0 aliphatic carbocycles. The van der Waals surface area contributed by atoms with Gasteiger partial charge in [-0.15, -0.1) is 21.5 Å². The molecular weight excluding hydrogens is 364 g/mol. The van der Waals surface area contributed by atoms with Crippen molar-refractivity contribution < 1.29 is 13.9 Å². The summed E-state index contributed by atoms with van der Waals surface area (Å²) in [5, 5.41) is 15.5. The van der Waals surface area contributed by atoms with Gasteiger partial charge in [-0.1, -0.05) is 19.9 Å². The molecule has 0 radical (unpaired) electrons. The fourth-order valence-electron chi connectivity index (χ4n) is 2.26. The molecule has 27 heavy (non-hydrogen) atoms. The van der Waals surface area contributed by atoms with Gasteiger partial charge >= 0.3 is 6.03 Å². The quantitative estimate of drug-likeness (QED) is 0.613. The predicted octanol–water partition coefficient (Wildman–Crippen LogP) is 4.72. The highest BCUT2D eigenvalue weighted by atomic mass is 32.1. The van der Waals surface area contributed by atoms with Gasteiger partial charge in [0.25, 0.3) is 0 Å². The molecule has 0 saturated heterocycles. The molecule has 2 aromatic heterocycles. The van der Waals surface area contributed by atoms with Crippen LogP contribution in [0, 0.1) is 0 Å². The van der Waals surface area contributed by atoms with Crippen molar-refractivity contribution in [2.24, 2.45) is 0 Å². The van der Waals surface area contributed by atoms with E-state index in [1.165, 1.54) is 0 Å². The van der Waals surface area contributed by atoms with Crippen LogP contribution in [0.1, 0.15) is 49.4 Å². The first kappa shape index (κ1) is 18.9. The maximum absolute atomic E-state index is 12.2. The molecule has 3 aromatic rings. The zero-order valence-electron chi connectivity index (χ0n) is 15.4. The third-order valence-electron chi connectivity index (χ3n) is 3.74. The van der Waals surface area contributed by atoms with Crippen LogP contribution in [0.25, 0.3) is 0 Å². The highest BCUT2D eigenvalue weighted by molar-refractivity contribution is 7.09. The molecule has 0 bridgehead atoms. The molecule has 1 aromatic carbocycles. The van der Waals surface area contributed by atoms with Gasteiger partial charge in [-0.3, -0.25) is 0 Å². The Labute approximate surface area is 161 Å². The van der Waals surface area contributed by atoms with Crippen LogP contribution in [-0.2, 0) is 6.61 Å². The van der Waals surface area contributed by atoms with Gasteiger partial charge in [0.15, 0.2) is 0 Å². The van der Waals surface area contributed by atoms with Crippen molar-refractivity contribution in [3.05, 3.63) is 58.4 Å². The maximum atomic E-state index is 12.2. The number of nitrogens with one attached hydrogen (secondary N) is 2. The topological polar surface area (TPSA) is 89.3 Å². The number of hydrogen-bond donors (Lipinski definition) is 2. The Kier molecular flexibility index (Phi) is 6.08. The molecule has 2 amide bonds. The Bertz CT molecular complexity index is 859. The van der Waals surface area contributed by atoms with E-state index in [0.29, 0.717) is 24.1 Å². The van der Waals surface area contributed by atoms with Crippen molar-refractivity contribution >= 4 is 23.1 Å². The van der Waals surface area contributed by atoms with Crippen molar-refractivity contribution in [1.82, 2.24) is 15.5 Å². The van der Waals surface area contributed by atoms with Gasteiger partial charge in [-0.2, -0.15) is 0 Å². The number of urea groups is 1. The van der Waals surface area contributed by atoms with E-state index >= 15 is 0 Å².